The van der Waals surface area contributed by atoms with Gasteiger partial charge in [0.2, 0.25) is 0 Å². The Morgan fingerprint density at radius 2 is 1.84 bits per heavy atom. The highest BCUT2D eigenvalue weighted by Crippen LogP contribution is 2.20. The van der Waals surface area contributed by atoms with Crippen molar-refractivity contribution in [3.63, 3.8) is 0 Å². The van der Waals surface area contributed by atoms with Gasteiger partial charge < -0.3 is 4.90 Å². The van der Waals surface area contributed by atoms with Gasteiger partial charge in [-0.05, 0) is 37.6 Å². The molecule has 0 N–H and O–H groups in total. The van der Waals surface area contributed by atoms with Gasteiger partial charge in [0.1, 0.15) is 0 Å². The fourth-order valence-corrected chi connectivity index (χ4v) is 1.92. The molecule has 1 heterocycles. The third-order valence-corrected chi connectivity index (χ3v) is 3.05. The molecule has 0 fully saturated rings. The molecule has 19 heavy (non-hydrogen) atoms. The van der Waals surface area contributed by atoms with Crippen LogP contribution in [-0.2, 0) is 4.79 Å². The summed E-state index contributed by atoms with van der Waals surface area (Å²) in [6, 6.07) is 8.06. The molecular formula is C15H18N3O. The summed E-state index contributed by atoms with van der Waals surface area (Å²) in [5.74, 6) is -0.0725. The summed E-state index contributed by atoms with van der Waals surface area (Å²) in [5, 5.41) is 5.55. The molecule has 0 spiro atoms. The van der Waals surface area contributed by atoms with E-state index in [0.29, 0.717) is 5.57 Å². The summed E-state index contributed by atoms with van der Waals surface area (Å²) in [7, 11) is 4.00. The zero-order chi connectivity index (χ0) is 14.0. The molecule has 0 aromatic heterocycles. The number of hydrogen-bond donors (Lipinski definition) is 0. The lowest BCUT2D eigenvalue weighted by Crippen LogP contribution is -2.17. The van der Waals surface area contributed by atoms with Gasteiger partial charge in [-0.25, -0.2) is 5.01 Å². The van der Waals surface area contributed by atoms with Crippen LogP contribution in [0.1, 0.15) is 19.4 Å². The molecule has 2 rings (SSSR count). The van der Waals surface area contributed by atoms with Crippen LogP contribution in [-0.4, -0.2) is 30.7 Å². The number of anilines is 1. The number of hydrogen-bond acceptors (Lipinski definition) is 3. The van der Waals surface area contributed by atoms with Crippen molar-refractivity contribution < 1.29 is 4.79 Å². The lowest BCUT2D eigenvalue weighted by Gasteiger charge is -2.12. The van der Waals surface area contributed by atoms with Gasteiger partial charge >= 0.3 is 0 Å². The minimum Gasteiger partial charge on any atom is -0.378 e. The van der Waals surface area contributed by atoms with E-state index >= 15 is 0 Å². The van der Waals surface area contributed by atoms with Crippen molar-refractivity contribution in [3.8, 4) is 0 Å². The monoisotopic (exact) mass is 256 g/mol. The van der Waals surface area contributed by atoms with Crippen LogP contribution in [0.25, 0.3) is 6.08 Å². The smallest absolute Gasteiger partial charge is 0.276 e. The van der Waals surface area contributed by atoms with Crippen molar-refractivity contribution in [2.24, 2.45) is 5.10 Å². The van der Waals surface area contributed by atoms with E-state index in [1.54, 1.807) is 13.5 Å². The standard InChI is InChI=1S/C15H18N3O/c1-5-18-15(19)14(11(2)16-18)10-12-6-8-13(9-7-12)17(3)4/h5-10H,1-4H3/b14-10+. The average Bonchev–Trinajstić information content (AvgIpc) is 2.67. The molecular weight excluding hydrogens is 238 g/mol. The number of hydrazone groups is 1. The molecule has 0 atom stereocenters. The van der Waals surface area contributed by atoms with E-state index in [2.05, 4.69) is 5.10 Å². The minimum absolute atomic E-state index is 0.0725. The second-order valence-corrected chi connectivity index (χ2v) is 4.64. The SMILES string of the molecule is C[CH]N1N=C(C)/C(=C\c2ccc(N(C)C)cc2)C1=O. The number of nitrogens with zero attached hydrogens (tertiary/aromatic N) is 3. The molecule has 1 aliphatic heterocycles. The Hall–Kier alpha value is -2.10. The van der Waals surface area contributed by atoms with E-state index in [-0.39, 0.29) is 5.91 Å². The highest BCUT2D eigenvalue weighted by molar-refractivity contribution is 6.26. The molecule has 1 amide bonds. The van der Waals surface area contributed by atoms with Gasteiger partial charge in [0, 0.05) is 19.8 Å². The normalized spacial score (nSPS) is 17.1. The second-order valence-electron chi connectivity index (χ2n) is 4.64. The zero-order valence-electron chi connectivity index (χ0n) is 11.7. The molecule has 0 unspecified atom stereocenters. The van der Waals surface area contributed by atoms with Crippen LogP contribution in [0.3, 0.4) is 0 Å². The summed E-state index contributed by atoms with van der Waals surface area (Å²) >= 11 is 0. The van der Waals surface area contributed by atoms with Crippen LogP contribution >= 0.6 is 0 Å². The number of carbonyl (C=O) groups is 1. The van der Waals surface area contributed by atoms with Crippen molar-refractivity contribution in [1.82, 2.24) is 5.01 Å². The minimum atomic E-state index is -0.0725. The van der Waals surface area contributed by atoms with Gasteiger partial charge in [-0.2, -0.15) is 5.10 Å². The predicted molar refractivity (Wildman–Crippen MR) is 78.7 cm³/mol. The van der Waals surface area contributed by atoms with E-state index in [1.807, 2.05) is 56.3 Å². The molecule has 4 heteroatoms. The van der Waals surface area contributed by atoms with E-state index in [9.17, 15) is 4.79 Å². The summed E-state index contributed by atoms with van der Waals surface area (Å²) in [6.45, 7) is 5.31. The van der Waals surface area contributed by atoms with Crippen molar-refractivity contribution in [2.75, 3.05) is 19.0 Å². The van der Waals surface area contributed by atoms with Gasteiger partial charge in [-0.3, -0.25) is 4.79 Å². The van der Waals surface area contributed by atoms with Crippen LogP contribution in [0.4, 0.5) is 5.69 Å². The Labute approximate surface area is 114 Å². The van der Waals surface area contributed by atoms with Crippen LogP contribution in [0, 0.1) is 6.54 Å². The first-order valence-corrected chi connectivity index (χ1v) is 6.20. The number of benzene rings is 1. The second kappa shape index (κ2) is 5.26. The Balaban J connectivity index is 2.27. The lowest BCUT2D eigenvalue weighted by molar-refractivity contribution is -0.124. The molecule has 0 bridgehead atoms. The quantitative estimate of drug-likeness (QED) is 0.779. The third-order valence-electron chi connectivity index (χ3n) is 3.05. The summed E-state index contributed by atoms with van der Waals surface area (Å²) in [5.41, 5.74) is 3.53. The first-order valence-electron chi connectivity index (χ1n) is 6.20. The third kappa shape index (κ3) is 2.67. The number of amides is 1. The van der Waals surface area contributed by atoms with Gasteiger partial charge in [-0.1, -0.05) is 12.1 Å². The maximum atomic E-state index is 12.0. The summed E-state index contributed by atoms with van der Waals surface area (Å²) < 4.78 is 0. The van der Waals surface area contributed by atoms with Crippen LogP contribution in [0.15, 0.2) is 34.9 Å². The van der Waals surface area contributed by atoms with Gasteiger partial charge in [0.15, 0.2) is 0 Å². The van der Waals surface area contributed by atoms with Crippen molar-refractivity contribution in [3.05, 3.63) is 41.9 Å². The van der Waals surface area contributed by atoms with Gasteiger partial charge in [0.05, 0.1) is 17.8 Å². The zero-order valence-corrected chi connectivity index (χ0v) is 11.7. The number of rotatable bonds is 3. The Kier molecular flexibility index (Phi) is 3.69. The Morgan fingerprint density at radius 3 is 2.32 bits per heavy atom. The topological polar surface area (TPSA) is 35.9 Å². The Morgan fingerprint density at radius 1 is 1.21 bits per heavy atom. The van der Waals surface area contributed by atoms with E-state index in [1.165, 1.54) is 5.01 Å². The van der Waals surface area contributed by atoms with Crippen molar-refractivity contribution in [1.29, 1.82) is 0 Å². The first-order chi connectivity index (χ1) is 9.02. The van der Waals surface area contributed by atoms with Crippen LogP contribution in [0.2, 0.25) is 0 Å². The van der Waals surface area contributed by atoms with E-state index in [0.717, 1.165) is 17.0 Å². The molecule has 1 aliphatic rings. The summed E-state index contributed by atoms with van der Waals surface area (Å²) in [4.78, 5) is 14.1. The highest BCUT2D eigenvalue weighted by atomic mass is 16.2. The molecule has 1 radical (unpaired) electrons. The van der Waals surface area contributed by atoms with Crippen LogP contribution in [0.5, 0.6) is 0 Å². The fourth-order valence-electron chi connectivity index (χ4n) is 1.92. The van der Waals surface area contributed by atoms with E-state index < -0.39 is 0 Å². The first kappa shape index (κ1) is 13.3. The van der Waals surface area contributed by atoms with Crippen molar-refractivity contribution in [2.45, 2.75) is 13.8 Å². The summed E-state index contributed by atoms with van der Waals surface area (Å²) in [6.07, 6.45) is 1.88. The maximum absolute atomic E-state index is 12.0. The van der Waals surface area contributed by atoms with Crippen molar-refractivity contribution >= 4 is 23.4 Å². The van der Waals surface area contributed by atoms with Gasteiger partial charge in [0.25, 0.3) is 5.91 Å². The number of carbonyl (C=O) groups excluding carboxylic acids is 1. The fraction of sp³-hybridized carbons (Fsp3) is 0.267. The highest BCUT2D eigenvalue weighted by Gasteiger charge is 2.25. The van der Waals surface area contributed by atoms with Crippen LogP contribution < -0.4 is 4.90 Å². The molecule has 99 valence electrons. The van der Waals surface area contributed by atoms with E-state index in [4.69, 9.17) is 0 Å². The largest absolute Gasteiger partial charge is 0.378 e. The molecule has 0 saturated carbocycles. The molecule has 4 nitrogen and oxygen atoms in total. The lowest BCUT2D eigenvalue weighted by atomic mass is 10.1. The average molecular weight is 256 g/mol. The molecule has 0 saturated heterocycles. The molecule has 1 aromatic carbocycles. The maximum Gasteiger partial charge on any atom is 0.276 e. The molecule has 1 aromatic rings. The predicted octanol–water partition coefficient (Wildman–Crippen LogP) is 2.54. The Bertz CT molecular complexity index is 541. The van der Waals surface area contributed by atoms with Gasteiger partial charge in [-0.15, -0.1) is 0 Å². The molecule has 0 aliphatic carbocycles.